The lowest BCUT2D eigenvalue weighted by Crippen LogP contribution is -2.34. The Morgan fingerprint density at radius 1 is 1.36 bits per heavy atom. The molecule has 1 aliphatic rings. The number of aryl methyl sites for hydroxylation is 1. The van der Waals surface area contributed by atoms with E-state index in [1.54, 1.807) is 0 Å². The fourth-order valence-electron chi connectivity index (χ4n) is 2.20. The number of hydrogen-bond donors (Lipinski definition) is 1. The van der Waals surface area contributed by atoms with Crippen LogP contribution >= 0.6 is 0 Å². The first-order valence-corrected chi connectivity index (χ1v) is 5.13. The second kappa shape index (κ2) is 2.85. The van der Waals surface area contributed by atoms with Gasteiger partial charge in [0.1, 0.15) is 0 Å². The minimum Gasteiger partial charge on any atom is -0.350 e. The highest BCUT2D eigenvalue weighted by Gasteiger charge is 2.21. The Hall–Kier alpha value is -1.28. The highest BCUT2D eigenvalue weighted by atomic mass is 15.0. The highest BCUT2D eigenvalue weighted by molar-refractivity contribution is 5.84. The molecular formula is C12H14N2. The quantitative estimate of drug-likeness (QED) is 0.722. The molecule has 1 fully saturated rings. The summed E-state index contributed by atoms with van der Waals surface area (Å²) in [5, 5.41) is 4.85. The van der Waals surface area contributed by atoms with Crippen LogP contribution in [-0.4, -0.2) is 11.1 Å². The van der Waals surface area contributed by atoms with E-state index in [1.165, 1.54) is 22.9 Å². The van der Waals surface area contributed by atoms with Crippen molar-refractivity contribution in [2.24, 2.45) is 7.05 Å². The first kappa shape index (κ1) is 8.06. The van der Waals surface area contributed by atoms with Gasteiger partial charge in [0, 0.05) is 30.2 Å². The molecule has 1 saturated heterocycles. The number of aromatic nitrogens is 1. The molecule has 0 bridgehead atoms. The van der Waals surface area contributed by atoms with E-state index < -0.39 is 0 Å². The summed E-state index contributed by atoms with van der Waals surface area (Å²) in [6.45, 7) is 1.16. The standard InChI is InChI=1S/C12H14N2/c1-14-8-10(11-6-7-13-11)9-4-2-3-5-12(9)14/h2-5,8,11,13H,6-7H2,1H3/t11-/m1/s1. The molecule has 0 spiro atoms. The average Bonchev–Trinajstić information content (AvgIpc) is 2.43. The monoisotopic (exact) mass is 186 g/mol. The van der Waals surface area contributed by atoms with Gasteiger partial charge in [-0.05, 0) is 24.6 Å². The van der Waals surface area contributed by atoms with E-state index in [0.29, 0.717) is 6.04 Å². The molecule has 1 aromatic carbocycles. The Balaban J connectivity index is 2.23. The van der Waals surface area contributed by atoms with Crippen molar-refractivity contribution in [3.8, 4) is 0 Å². The second-order valence-electron chi connectivity index (χ2n) is 4.01. The number of hydrogen-bond acceptors (Lipinski definition) is 1. The molecule has 14 heavy (non-hydrogen) atoms. The van der Waals surface area contributed by atoms with Crippen molar-refractivity contribution in [3.63, 3.8) is 0 Å². The van der Waals surface area contributed by atoms with E-state index in [9.17, 15) is 0 Å². The van der Waals surface area contributed by atoms with Crippen LogP contribution in [0.4, 0.5) is 0 Å². The molecule has 3 rings (SSSR count). The Morgan fingerprint density at radius 2 is 2.14 bits per heavy atom. The van der Waals surface area contributed by atoms with Gasteiger partial charge in [-0.2, -0.15) is 0 Å². The van der Waals surface area contributed by atoms with Crippen molar-refractivity contribution in [1.29, 1.82) is 0 Å². The van der Waals surface area contributed by atoms with Crippen LogP contribution in [-0.2, 0) is 7.05 Å². The van der Waals surface area contributed by atoms with Gasteiger partial charge in [0.25, 0.3) is 0 Å². The maximum absolute atomic E-state index is 3.45. The largest absolute Gasteiger partial charge is 0.350 e. The van der Waals surface area contributed by atoms with Crippen LogP contribution in [0.5, 0.6) is 0 Å². The zero-order valence-corrected chi connectivity index (χ0v) is 8.33. The maximum atomic E-state index is 3.45. The van der Waals surface area contributed by atoms with Gasteiger partial charge >= 0.3 is 0 Å². The second-order valence-corrected chi connectivity index (χ2v) is 4.01. The molecule has 1 N–H and O–H groups in total. The Labute approximate surface area is 83.5 Å². The van der Waals surface area contributed by atoms with Gasteiger partial charge in [0.2, 0.25) is 0 Å². The van der Waals surface area contributed by atoms with Crippen molar-refractivity contribution < 1.29 is 0 Å². The average molecular weight is 186 g/mol. The third kappa shape index (κ3) is 1.01. The summed E-state index contributed by atoms with van der Waals surface area (Å²) in [6, 6.07) is 9.19. The minimum absolute atomic E-state index is 0.584. The lowest BCUT2D eigenvalue weighted by Gasteiger charge is -2.27. The molecule has 0 saturated carbocycles. The van der Waals surface area contributed by atoms with Crippen LogP contribution in [0, 0.1) is 0 Å². The van der Waals surface area contributed by atoms with Gasteiger partial charge in [0.15, 0.2) is 0 Å². The van der Waals surface area contributed by atoms with Crippen LogP contribution in [0.3, 0.4) is 0 Å². The molecule has 1 aliphatic heterocycles. The molecule has 2 aromatic rings. The third-order valence-corrected chi connectivity index (χ3v) is 3.13. The Morgan fingerprint density at radius 3 is 2.86 bits per heavy atom. The number of nitrogens with zero attached hydrogens (tertiary/aromatic N) is 1. The number of rotatable bonds is 1. The SMILES string of the molecule is Cn1cc([C@H]2CCN2)c2ccccc21. The summed E-state index contributed by atoms with van der Waals surface area (Å²) in [4.78, 5) is 0. The molecule has 1 atom stereocenters. The Bertz CT molecular complexity index is 466. The van der Waals surface area contributed by atoms with Gasteiger partial charge in [-0.15, -0.1) is 0 Å². The van der Waals surface area contributed by atoms with Gasteiger partial charge in [0.05, 0.1) is 0 Å². The summed E-state index contributed by atoms with van der Waals surface area (Å²) in [6.07, 6.45) is 3.52. The number of fused-ring (bicyclic) bond motifs is 1. The fourth-order valence-corrected chi connectivity index (χ4v) is 2.20. The normalized spacial score (nSPS) is 21.1. The molecule has 0 aliphatic carbocycles. The van der Waals surface area contributed by atoms with Crippen LogP contribution < -0.4 is 5.32 Å². The predicted octanol–water partition coefficient (Wildman–Crippen LogP) is 2.21. The summed E-state index contributed by atoms with van der Waals surface area (Å²) in [5.41, 5.74) is 2.78. The number of para-hydroxylation sites is 1. The lowest BCUT2D eigenvalue weighted by atomic mass is 9.98. The molecule has 2 heterocycles. The third-order valence-electron chi connectivity index (χ3n) is 3.13. The van der Waals surface area contributed by atoms with Gasteiger partial charge in [-0.3, -0.25) is 0 Å². The summed E-state index contributed by atoms with van der Waals surface area (Å²) < 4.78 is 2.21. The maximum Gasteiger partial charge on any atom is 0.0481 e. The van der Waals surface area contributed by atoms with Crippen LogP contribution in [0.2, 0.25) is 0 Å². The van der Waals surface area contributed by atoms with Crippen molar-refractivity contribution in [3.05, 3.63) is 36.0 Å². The smallest absolute Gasteiger partial charge is 0.0481 e. The summed E-state index contributed by atoms with van der Waals surface area (Å²) >= 11 is 0. The van der Waals surface area contributed by atoms with Crippen molar-refractivity contribution in [2.45, 2.75) is 12.5 Å². The van der Waals surface area contributed by atoms with E-state index in [2.05, 4.69) is 47.4 Å². The van der Waals surface area contributed by atoms with Crippen molar-refractivity contribution >= 4 is 10.9 Å². The van der Waals surface area contributed by atoms with Crippen LogP contribution in [0.15, 0.2) is 30.5 Å². The molecule has 1 aromatic heterocycles. The van der Waals surface area contributed by atoms with E-state index >= 15 is 0 Å². The lowest BCUT2D eigenvalue weighted by molar-refractivity contribution is 0.385. The first-order chi connectivity index (χ1) is 6.86. The molecule has 72 valence electrons. The van der Waals surface area contributed by atoms with Crippen LogP contribution in [0.1, 0.15) is 18.0 Å². The fraction of sp³-hybridized carbons (Fsp3) is 0.333. The summed E-state index contributed by atoms with van der Waals surface area (Å²) in [5.74, 6) is 0. The zero-order chi connectivity index (χ0) is 9.54. The number of benzene rings is 1. The van der Waals surface area contributed by atoms with E-state index in [4.69, 9.17) is 0 Å². The minimum atomic E-state index is 0.584. The van der Waals surface area contributed by atoms with E-state index in [0.717, 1.165) is 6.54 Å². The molecule has 2 nitrogen and oxygen atoms in total. The molecule has 2 heteroatoms. The van der Waals surface area contributed by atoms with Gasteiger partial charge in [-0.1, -0.05) is 18.2 Å². The van der Waals surface area contributed by atoms with E-state index in [-0.39, 0.29) is 0 Å². The van der Waals surface area contributed by atoms with Crippen molar-refractivity contribution in [2.75, 3.05) is 6.54 Å². The summed E-state index contributed by atoms with van der Waals surface area (Å²) in [7, 11) is 2.12. The molecular weight excluding hydrogens is 172 g/mol. The van der Waals surface area contributed by atoms with Gasteiger partial charge < -0.3 is 9.88 Å². The van der Waals surface area contributed by atoms with Gasteiger partial charge in [-0.25, -0.2) is 0 Å². The Kier molecular flexibility index (Phi) is 1.64. The molecule has 0 radical (unpaired) electrons. The highest BCUT2D eigenvalue weighted by Crippen LogP contribution is 2.30. The first-order valence-electron chi connectivity index (χ1n) is 5.13. The van der Waals surface area contributed by atoms with E-state index in [1.807, 2.05) is 0 Å². The molecule has 0 unspecified atom stereocenters. The topological polar surface area (TPSA) is 17.0 Å². The van der Waals surface area contributed by atoms with Crippen molar-refractivity contribution in [1.82, 2.24) is 9.88 Å². The zero-order valence-electron chi connectivity index (χ0n) is 8.33. The molecule has 0 amide bonds. The van der Waals surface area contributed by atoms with Crippen LogP contribution in [0.25, 0.3) is 10.9 Å². The number of nitrogens with one attached hydrogen (secondary N) is 1. The predicted molar refractivity (Wildman–Crippen MR) is 58.3 cm³/mol.